The van der Waals surface area contributed by atoms with Gasteiger partial charge in [-0.05, 0) is 49.9 Å². The largest absolute Gasteiger partial charge is 0.479 e. The summed E-state index contributed by atoms with van der Waals surface area (Å²) in [5.74, 6) is 0.494. The Kier molecular flexibility index (Phi) is 6.40. The highest BCUT2D eigenvalue weighted by Gasteiger charge is 2.25. The van der Waals surface area contributed by atoms with E-state index in [4.69, 9.17) is 10.5 Å². The van der Waals surface area contributed by atoms with Crippen LogP contribution in [0.1, 0.15) is 36.2 Å². The van der Waals surface area contributed by atoms with E-state index in [-0.39, 0.29) is 23.7 Å². The topological polar surface area (TPSA) is 144 Å². The standard InChI is InChI=1S/C24H27N9O2/c1-35-23-20(28-17-11-9-15(25)10-12-17)21(31-24(32-23)29-16-6-3-2-4-7-16)30-22(34)18-14-26-19-8-5-13-27-33(18)19/h2-8,13-15,17,28H,9-12,25H2,1H3,(H2,29,30,31,32,34). The van der Waals surface area contributed by atoms with Crippen molar-refractivity contribution in [2.24, 2.45) is 5.73 Å². The molecule has 0 unspecified atom stereocenters. The first-order valence-corrected chi connectivity index (χ1v) is 11.5. The number of nitrogens with zero attached hydrogens (tertiary/aromatic N) is 5. The van der Waals surface area contributed by atoms with Crippen LogP contribution in [0.5, 0.6) is 5.88 Å². The molecule has 0 spiro atoms. The summed E-state index contributed by atoms with van der Waals surface area (Å²) in [6.07, 6.45) is 6.72. The number of methoxy groups -OCH3 is 1. The number of para-hydroxylation sites is 1. The van der Waals surface area contributed by atoms with Crippen LogP contribution in [0.25, 0.3) is 5.65 Å². The highest BCUT2D eigenvalue weighted by molar-refractivity contribution is 6.04. The number of carbonyl (C=O) groups is 1. The number of benzene rings is 1. The molecule has 4 aromatic rings. The molecule has 0 bridgehead atoms. The van der Waals surface area contributed by atoms with Crippen LogP contribution in [0.2, 0.25) is 0 Å². The fourth-order valence-electron chi connectivity index (χ4n) is 4.14. The number of rotatable bonds is 7. The number of hydrogen-bond donors (Lipinski definition) is 4. The summed E-state index contributed by atoms with van der Waals surface area (Å²) in [7, 11) is 1.54. The van der Waals surface area contributed by atoms with Gasteiger partial charge in [-0.25, -0.2) is 9.50 Å². The van der Waals surface area contributed by atoms with E-state index in [0.29, 0.717) is 23.0 Å². The Labute approximate surface area is 202 Å². The van der Waals surface area contributed by atoms with Crippen molar-refractivity contribution in [2.75, 3.05) is 23.1 Å². The first-order valence-electron chi connectivity index (χ1n) is 11.5. The summed E-state index contributed by atoms with van der Waals surface area (Å²) in [5.41, 5.74) is 8.25. The molecule has 0 atom stereocenters. The number of hydrogen-bond acceptors (Lipinski definition) is 9. The zero-order valence-corrected chi connectivity index (χ0v) is 19.3. The Morgan fingerprint density at radius 2 is 1.89 bits per heavy atom. The Balaban J connectivity index is 1.49. The molecule has 1 aliphatic carbocycles. The zero-order chi connectivity index (χ0) is 24.2. The Bertz CT molecular complexity index is 1320. The predicted molar refractivity (Wildman–Crippen MR) is 133 cm³/mol. The van der Waals surface area contributed by atoms with E-state index in [1.165, 1.54) is 17.8 Å². The molecule has 0 aliphatic heterocycles. The maximum Gasteiger partial charge on any atom is 0.277 e. The van der Waals surface area contributed by atoms with Crippen LogP contribution in [0.3, 0.4) is 0 Å². The Morgan fingerprint density at radius 3 is 2.66 bits per heavy atom. The van der Waals surface area contributed by atoms with Crippen molar-refractivity contribution in [3.05, 3.63) is 60.6 Å². The van der Waals surface area contributed by atoms with Gasteiger partial charge in [-0.1, -0.05) is 18.2 Å². The lowest BCUT2D eigenvalue weighted by Crippen LogP contribution is -2.33. The summed E-state index contributed by atoms with van der Waals surface area (Å²) in [4.78, 5) is 26.7. The second kappa shape index (κ2) is 9.94. The van der Waals surface area contributed by atoms with Crippen molar-refractivity contribution in [1.82, 2.24) is 24.6 Å². The number of nitrogens with two attached hydrogens (primary N) is 1. The van der Waals surface area contributed by atoms with Crippen molar-refractivity contribution in [1.29, 1.82) is 0 Å². The third-order valence-corrected chi connectivity index (χ3v) is 5.96. The maximum absolute atomic E-state index is 13.3. The second-order valence-electron chi connectivity index (χ2n) is 8.42. The van der Waals surface area contributed by atoms with Crippen molar-refractivity contribution in [2.45, 2.75) is 37.8 Å². The van der Waals surface area contributed by atoms with Gasteiger partial charge in [0.15, 0.2) is 17.2 Å². The highest BCUT2D eigenvalue weighted by Crippen LogP contribution is 2.34. The lowest BCUT2D eigenvalue weighted by atomic mass is 9.92. The van der Waals surface area contributed by atoms with Gasteiger partial charge >= 0.3 is 0 Å². The second-order valence-corrected chi connectivity index (χ2v) is 8.42. The summed E-state index contributed by atoms with van der Waals surface area (Å²) >= 11 is 0. The molecule has 35 heavy (non-hydrogen) atoms. The smallest absolute Gasteiger partial charge is 0.277 e. The normalized spacial score (nSPS) is 17.7. The van der Waals surface area contributed by atoms with E-state index < -0.39 is 5.91 Å². The van der Waals surface area contributed by atoms with Crippen LogP contribution in [0, 0.1) is 0 Å². The molecule has 11 nitrogen and oxygen atoms in total. The number of ether oxygens (including phenoxy) is 1. The number of imidazole rings is 1. The van der Waals surface area contributed by atoms with E-state index in [2.05, 4.69) is 36.0 Å². The molecule has 5 N–H and O–H groups in total. The molecular formula is C24H27N9O2. The molecule has 1 aliphatic rings. The molecule has 11 heteroatoms. The fourth-order valence-corrected chi connectivity index (χ4v) is 4.14. The predicted octanol–water partition coefficient (Wildman–Crippen LogP) is 3.21. The van der Waals surface area contributed by atoms with Crippen LogP contribution in [-0.2, 0) is 0 Å². The average molecular weight is 474 g/mol. The molecule has 0 radical (unpaired) electrons. The number of anilines is 4. The minimum absolute atomic E-state index is 0.161. The Morgan fingerprint density at radius 1 is 1.09 bits per heavy atom. The monoisotopic (exact) mass is 473 g/mol. The van der Waals surface area contributed by atoms with Crippen LogP contribution in [-0.4, -0.2) is 49.7 Å². The third kappa shape index (κ3) is 4.99. The molecule has 3 heterocycles. The summed E-state index contributed by atoms with van der Waals surface area (Å²) < 4.78 is 7.09. The molecule has 3 aromatic heterocycles. The van der Waals surface area contributed by atoms with Crippen molar-refractivity contribution in [3.8, 4) is 5.88 Å². The minimum Gasteiger partial charge on any atom is -0.479 e. The van der Waals surface area contributed by atoms with Crippen molar-refractivity contribution >= 4 is 34.7 Å². The molecule has 1 aromatic carbocycles. The maximum atomic E-state index is 13.3. The number of aromatic nitrogens is 5. The van der Waals surface area contributed by atoms with Crippen LogP contribution in [0.4, 0.5) is 23.1 Å². The van der Waals surface area contributed by atoms with Gasteiger partial charge in [-0.3, -0.25) is 4.79 Å². The van der Waals surface area contributed by atoms with Gasteiger partial charge in [-0.2, -0.15) is 15.1 Å². The summed E-state index contributed by atoms with van der Waals surface area (Å²) in [6, 6.07) is 13.4. The van der Waals surface area contributed by atoms with Crippen LogP contribution < -0.4 is 26.4 Å². The van der Waals surface area contributed by atoms with Gasteiger partial charge in [0.1, 0.15) is 5.69 Å². The van der Waals surface area contributed by atoms with Gasteiger partial charge in [-0.15, -0.1) is 0 Å². The van der Waals surface area contributed by atoms with Crippen molar-refractivity contribution in [3.63, 3.8) is 0 Å². The number of nitrogens with one attached hydrogen (secondary N) is 3. The van der Waals surface area contributed by atoms with Gasteiger partial charge in [0.05, 0.1) is 13.3 Å². The van der Waals surface area contributed by atoms with Gasteiger partial charge in [0.2, 0.25) is 11.8 Å². The number of carbonyl (C=O) groups excluding carboxylic acids is 1. The number of amides is 1. The minimum atomic E-state index is -0.406. The Hall–Kier alpha value is -4.25. The first-order chi connectivity index (χ1) is 17.1. The van der Waals surface area contributed by atoms with E-state index in [9.17, 15) is 4.79 Å². The SMILES string of the molecule is COc1nc(Nc2ccccc2)nc(NC(=O)c2cnc3cccnn23)c1NC1CCC(N)CC1. The zero-order valence-electron chi connectivity index (χ0n) is 19.3. The number of fused-ring (bicyclic) bond motifs is 1. The van der Waals surface area contributed by atoms with E-state index in [1.807, 2.05) is 30.3 Å². The van der Waals surface area contributed by atoms with E-state index >= 15 is 0 Å². The van der Waals surface area contributed by atoms with Gasteiger partial charge in [0.25, 0.3) is 5.91 Å². The fraction of sp³-hybridized carbons (Fsp3) is 0.292. The molecule has 180 valence electrons. The van der Waals surface area contributed by atoms with Gasteiger partial charge in [0, 0.05) is 24.0 Å². The summed E-state index contributed by atoms with van der Waals surface area (Å²) in [5, 5.41) is 13.8. The van der Waals surface area contributed by atoms with Crippen LogP contribution >= 0.6 is 0 Å². The lowest BCUT2D eigenvalue weighted by molar-refractivity contribution is 0.102. The van der Waals surface area contributed by atoms with Crippen molar-refractivity contribution < 1.29 is 9.53 Å². The lowest BCUT2D eigenvalue weighted by Gasteiger charge is -2.28. The van der Waals surface area contributed by atoms with E-state index in [0.717, 1.165) is 31.4 Å². The first kappa shape index (κ1) is 22.5. The van der Waals surface area contributed by atoms with Gasteiger partial charge < -0.3 is 26.4 Å². The average Bonchev–Trinajstić information content (AvgIpc) is 3.31. The molecule has 5 rings (SSSR count). The molecule has 1 saturated carbocycles. The quantitative estimate of drug-likeness (QED) is 0.318. The molecule has 1 fully saturated rings. The molecule has 1 amide bonds. The third-order valence-electron chi connectivity index (χ3n) is 5.96. The molecular weight excluding hydrogens is 446 g/mol. The highest BCUT2D eigenvalue weighted by atomic mass is 16.5. The van der Waals surface area contributed by atoms with E-state index in [1.54, 1.807) is 18.3 Å². The molecule has 0 saturated heterocycles. The van der Waals surface area contributed by atoms with Crippen LogP contribution in [0.15, 0.2) is 54.9 Å². The summed E-state index contributed by atoms with van der Waals surface area (Å²) in [6.45, 7) is 0.